The molecule has 3 N–H and O–H groups in total. The first-order valence-corrected chi connectivity index (χ1v) is 11.9. The van der Waals surface area contributed by atoms with Crippen LogP contribution in [0.4, 0.5) is 10.1 Å². The van der Waals surface area contributed by atoms with Crippen molar-refractivity contribution in [2.24, 2.45) is 5.73 Å². The number of hydrogen-bond donors (Lipinski definition) is 2. The number of benzene rings is 3. The highest BCUT2D eigenvalue weighted by Crippen LogP contribution is 2.27. The molecular weight excluding hydrogens is 485 g/mol. The average Bonchev–Trinajstić information content (AvgIpc) is 2.94. The number of amides is 1. The van der Waals surface area contributed by atoms with Gasteiger partial charge in [0.2, 0.25) is 0 Å². The first-order valence-electron chi connectivity index (χ1n) is 11.9. The fourth-order valence-electron chi connectivity index (χ4n) is 4.05. The van der Waals surface area contributed by atoms with Crippen molar-refractivity contribution in [3.05, 3.63) is 119 Å². The van der Waals surface area contributed by atoms with Crippen LogP contribution in [0.25, 0.3) is 11.1 Å². The van der Waals surface area contributed by atoms with Crippen molar-refractivity contribution in [3.8, 4) is 11.1 Å². The van der Waals surface area contributed by atoms with Crippen LogP contribution in [-0.2, 0) is 28.9 Å². The second kappa shape index (κ2) is 12.0. The molecule has 0 spiro atoms. The summed E-state index contributed by atoms with van der Waals surface area (Å²) in [7, 11) is 1.32. The number of carbonyl (C=O) groups excluding carboxylic acids is 3. The molecule has 0 fully saturated rings. The van der Waals surface area contributed by atoms with Crippen LogP contribution in [0.1, 0.15) is 37.4 Å². The fraction of sp³-hybridized carbons (Fsp3) is 0.133. The molecule has 192 valence electrons. The van der Waals surface area contributed by atoms with E-state index in [1.165, 1.54) is 19.4 Å². The lowest BCUT2D eigenvalue weighted by Gasteiger charge is -2.13. The Morgan fingerprint density at radius 3 is 2.50 bits per heavy atom. The van der Waals surface area contributed by atoms with Crippen LogP contribution in [-0.4, -0.2) is 29.8 Å². The molecule has 0 aliphatic heterocycles. The average molecular weight is 512 g/mol. The fourth-order valence-corrected chi connectivity index (χ4v) is 4.05. The van der Waals surface area contributed by atoms with Gasteiger partial charge >= 0.3 is 5.97 Å². The Balaban J connectivity index is 1.57. The number of hydrogen-bond acceptors (Lipinski definition) is 6. The lowest BCUT2D eigenvalue weighted by atomic mass is 9.93. The number of nitrogens with two attached hydrogens (primary N) is 1. The zero-order valence-electron chi connectivity index (χ0n) is 20.7. The van der Waals surface area contributed by atoms with Gasteiger partial charge in [-0.05, 0) is 64.2 Å². The number of ketones is 1. The van der Waals surface area contributed by atoms with E-state index in [2.05, 4.69) is 10.3 Å². The quantitative estimate of drug-likeness (QED) is 0.248. The van der Waals surface area contributed by atoms with E-state index < -0.39 is 5.82 Å². The molecule has 0 unspecified atom stereocenters. The summed E-state index contributed by atoms with van der Waals surface area (Å²) in [5.41, 5.74) is 10.5. The molecule has 8 heteroatoms. The van der Waals surface area contributed by atoms with Gasteiger partial charge in [-0.15, -0.1) is 0 Å². The van der Waals surface area contributed by atoms with Crippen molar-refractivity contribution in [3.63, 3.8) is 0 Å². The molecule has 0 radical (unpaired) electrons. The molecule has 3 aromatic carbocycles. The Kier molecular flexibility index (Phi) is 8.35. The summed E-state index contributed by atoms with van der Waals surface area (Å²) in [6.45, 7) is 0.228. The summed E-state index contributed by atoms with van der Waals surface area (Å²) >= 11 is 0. The van der Waals surface area contributed by atoms with Gasteiger partial charge in [-0.25, -0.2) is 4.39 Å². The van der Waals surface area contributed by atoms with Gasteiger partial charge in [-0.2, -0.15) is 0 Å². The Labute approximate surface area is 219 Å². The number of nitrogens with one attached hydrogen (secondary N) is 1. The molecule has 0 atom stereocenters. The third-order valence-corrected chi connectivity index (χ3v) is 6.06. The largest absolute Gasteiger partial charge is 0.469 e. The zero-order chi connectivity index (χ0) is 27.1. The monoisotopic (exact) mass is 511 g/mol. The maximum atomic E-state index is 14.0. The van der Waals surface area contributed by atoms with E-state index in [4.69, 9.17) is 10.5 Å². The first kappa shape index (κ1) is 26.4. The summed E-state index contributed by atoms with van der Waals surface area (Å²) in [6, 6.07) is 20.6. The number of methoxy groups -OCH3 is 1. The standard InChI is InChI=1S/C30H26FN3O4/c1-38-29(36)13-19-4-2-7-25(12-19)34-30(37)23-6-3-5-20(14-23)26-15-22(8-9-24(26)17-32)28(35)16-21-10-11-33-18-27(21)31/h2-12,14-15,18H,13,16-17,32H2,1H3,(H,34,37). The van der Waals surface area contributed by atoms with E-state index >= 15 is 0 Å². The number of ether oxygens (including phenoxy) is 1. The summed E-state index contributed by atoms with van der Waals surface area (Å²) in [5.74, 6) is -1.49. The van der Waals surface area contributed by atoms with Crippen LogP contribution in [0.3, 0.4) is 0 Å². The maximum Gasteiger partial charge on any atom is 0.309 e. The molecule has 4 rings (SSSR count). The van der Waals surface area contributed by atoms with Gasteiger partial charge in [0, 0.05) is 36.0 Å². The molecule has 1 amide bonds. The van der Waals surface area contributed by atoms with Crippen LogP contribution in [0, 0.1) is 5.82 Å². The van der Waals surface area contributed by atoms with Gasteiger partial charge < -0.3 is 15.8 Å². The van der Waals surface area contributed by atoms with Crippen LogP contribution in [0.2, 0.25) is 0 Å². The molecular formula is C30H26FN3O4. The Bertz CT molecular complexity index is 1500. The van der Waals surface area contributed by atoms with Crippen LogP contribution >= 0.6 is 0 Å². The second-order valence-corrected chi connectivity index (χ2v) is 8.63. The molecule has 38 heavy (non-hydrogen) atoms. The number of halogens is 1. The van der Waals surface area contributed by atoms with Crippen LogP contribution in [0.5, 0.6) is 0 Å². The van der Waals surface area contributed by atoms with Crippen LogP contribution in [0.15, 0.2) is 85.2 Å². The number of Topliss-reactive ketones (excluding diaryl/α,β-unsaturated/α-hetero) is 1. The Morgan fingerprint density at radius 2 is 1.74 bits per heavy atom. The normalized spacial score (nSPS) is 10.6. The van der Waals surface area contributed by atoms with Gasteiger partial charge in [-0.1, -0.05) is 36.4 Å². The minimum Gasteiger partial charge on any atom is -0.469 e. The number of nitrogens with zero attached hydrogens (tertiary/aromatic N) is 1. The predicted molar refractivity (Wildman–Crippen MR) is 142 cm³/mol. The van der Waals surface area contributed by atoms with E-state index in [0.717, 1.165) is 11.8 Å². The zero-order valence-corrected chi connectivity index (χ0v) is 20.7. The Morgan fingerprint density at radius 1 is 0.921 bits per heavy atom. The topological polar surface area (TPSA) is 111 Å². The number of carbonyl (C=O) groups is 3. The van der Waals surface area contributed by atoms with Gasteiger partial charge in [0.1, 0.15) is 5.82 Å². The molecule has 0 saturated heterocycles. The lowest BCUT2D eigenvalue weighted by Crippen LogP contribution is -2.12. The van der Waals surface area contributed by atoms with Gasteiger partial charge in [0.05, 0.1) is 19.7 Å². The number of anilines is 1. The maximum absolute atomic E-state index is 14.0. The Hall–Kier alpha value is -4.69. The van der Waals surface area contributed by atoms with Gasteiger partial charge in [0.15, 0.2) is 5.78 Å². The highest BCUT2D eigenvalue weighted by Gasteiger charge is 2.15. The third kappa shape index (κ3) is 6.35. The van der Waals surface area contributed by atoms with Crippen molar-refractivity contribution in [1.29, 1.82) is 0 Å². The highest BCUT2D eigenvalue weighted by molar-refractivity contribution is 6.05. The van der Waals surface area contributed by atoms with E-state index in [1.807, 2.05) is 6.07 Å². The van der Waals surface area contributed by atoms with Gasteiger partial charge in [0.25, 0.3) is 5.91 Å². The van der Waals surface area contributed by atoms with Crippen molar-refractivity contribution < 1.29 is 23.5 Å². The second-order valence-electron chi connectivity index (χ2n) is 8.63. The van der Waals surface area contributed by atoms with Crippen molar-refractivity contribution in [1.82, 2.24) is 4.98 Å². The smallest absolute Gasteiger partial charge is 0.309 e. The minimum absolute atomic E-state index is 0.0976. The molecule has 7 nitrogen and oxygen atoms in total. The molecule has 0 aliphatic rings. The van der Waals surface area contributed by atoms with E-state index in [-0.39, 0.29) is 42.6 Å². The summed E-state index contributed by atoms with van der Waals surface area (Å²) in [4.78, 5) is 41.3. The molecule has 0 saturated carbocycles. The van der Waals surface area contributed by atoms with Crippen molar-refractivity contribution in [2.75, 3.05) is 12.4 Å². The first-order chi connectivity index (χ1) is 18.4. The van der Waals surface area contributed by atoms with E-state index in [0.29, 0.717) is 33.5 Å². The SMILES string of the molecule is COC(=O)Cc1cccc(NC(=O)c2cccc(-c3cc(C(=O)Cc4ccncc4F)ccc3CN)c2)c1. The predicted octanol–water partition coefficient (Wildman–Crippen LogP) is 4.74. The van der Waals surface area contributed by atoms with Crippen molar-refractivity contribution >= 4 is 23.3 Å². The lowest BCUT2D eigenvalue weighted by molar-refractivity contribution is -0.139. The molecule has 0 aliphatic carbocycles. The summed E-state index contributed by atoms with van der Waals surface area (Å²) in [6.07, 6.45) is 2.52. The van der Waals surface area contributed by atoms with Crippen LogP contribution < -0.4 is 11.1 Å². The van der Waals surface area contributed by atoms with E-state index in [9.17, 15) is 18.8 Å². The number of pyridine rings is 1. The summed E-state index contributed by atoms with van der Waals surface area (Å²) in [5, 5.41) is 2.85. The molecule has 1 aromatic heterocycles. The molecule has 1 heterocycles. The number of aromatic nitrogens is 1. The third-order valence-electron chi connectivity index (χ3n) is 6.06. The van der Waals surface area contributed by atoms with E-state index in [1.54, 1.807) is 60.7 Å². The number of rotatable bonds is 9. The minimum atomic E-state index is -0.533. The van der Waals surface area contributed by atoms with Gasteiger partial charge in [-0.3, -0.25) is 19.4 Å². The molecule has 0 bridgehead atoms. The van der Waals surface area contributed by atoms with Crippen molar-refractivity contribution in [2.45, 2.75) is 19.4 Å². The summed E-state index contributed by atoms with van der Waals surface area (Å²) < 4.78 is 18.7. The molecule has 4 aromatic rings. The number of esters is 1. The highest BCUT2D eigenvalue weighted by atomic mass is 19.1.